The summed E-state index contributed by atoms with van der Waals surface area (Å²) in [5.41, 5.74) is 0.928. The number of rotatable bonds is 7. The number of tetrazole rings is 1. The van der Waals surface area contributed by atoms with Crippen LogP contribution in [0.2, 0.25) is 0 Å². The second kappa shape index (κ2) is 8.44. The summed E-state index contributed by atoms with van der Waals surface area (Å²) in [5.74, 6) is 0.0693. The number of amides is 2. The summed E-state index contributed by atoms with van der Waals surface area (Å²) in [4.78, 5) is 24.4. The van der Waals surface area contributed by atoms with Gasteiger partial charge in [-0.2, -0.15) is 0 Å². The number of anilines is 1. The van der Waals surface area contributed by atoms with Crippen molar-refractivity contribution in [1.82, 2.24) is 25.5 Å². The molecule has 2 rings (SSSR count). The number of aryl methyl sites for hydroxylation is 1. The number of hydrogen-bond acceptors (Lipinski definition) is 6. The van der Waals surface area contributed by atoms with Crippen LogP contribution in [0.3, 0.4) is 0 Å². The molecule has 1 aromatic heterocycles. The van der Waals surface area contributed by atoms with Gasteiger partial charge in [0.1, 0.15) is 0 Å². The largest absolute Gasteiger partial charge is 0.352 e. The molecule has 0 aliphatic carbocycles. The number of aromatic nitrogens is 4. The maximum Gasteiger partial charge on any atom is 0.253 e. The summed E-state index contributed by atoms with van der Waals surface area (Å²) in [7, 11) is 1.70. The first-order valence-corrected chi connectivity index (χ1v) is 8.48. The fourth-order valence-corrected chi connectivity index (χ4v) is 2.49. The van der Waals surface area contributed by atoms with Crippen molar-refractivity contribution in [1.29, 1.82) is 0 Å². The normalized spacial score (nSPS) is 10.7. The third-order valence-corrected chi connectivity index (χ3v) is 4.04. The fraction of sp³-hybridized carbons (Fsp3) is 0.400. The average molecular weight is 348 g/mol. The number of thioether (sulfide) groups is 1. The number of hydrogen-bond donors (Lipinski definition) is 2. The number of carbonyl (C=O) groups excluding carboxylic acids is 2. The third-order valence-electron chi connectivity index (χ3n) is 3.03. The Labute approximate surface area is 144 Å². The monoisotopic (exact) mass is 348 g/mol. The van der Waals surface area contributed by atoms with Gasteiger partial charge in [0.25, 0.3) is 5.91 Å². The maximum atomic E-state index is 12.2. The highest BCUT2D eigenvalue weighted by atomic mass is 32.2. The van der Waals surface area contributed by atoms with Gasteiger partial charge in [0, 0.05) is 13.6 Å². The molecule has 0 aliphatic rings. The second-order valence-electron chi connectivity index (χ2n) is 5.57. The van der Waals surface area contributed by atoms with E-state index in [9.17, 15) is 9.59 Å². The first kappa shape index (κ1) is 17.9. The van der Waals surface area contributed by atoms with Gasteiger partial charge in [-0.3, -0.25) is 9.59 Å². The summed E-state index contributed by atoms with van der Waals surface area (Å²) >= 11 is 1.22. The Kier molecular flexibility index (Phi) is 6.30. The molecule has 128 valence electrons. The zero-order chi connectivity index (χ0) is 17.5. The van der Waals surface area contributed by atoms with Crippen LogP contribution >= 0.6 is 11.8 Å². The quantitative estimate of drug-likeness (QED) is 0.732. The lowest BCUT2D eigenvalue weighted by Gasteiger charge is -2.12. The molecule has 0 spiro atoms. The molecule has 0 saturated carbocycles. The van der Waals surface area contributed by atoms with Gasteiger partial charge in [-0.25, -0.2) is 4.68 Å². The molecule has 1 heterocycles. The van der Waals surface area contributed by atoms with Gasteiger partial charge in [0.15, 0.2) is 0 Å². The molecule has 8 nitrogen and oxygen atoms in total. The lowest BCUT2D eigenvalue weighted by molar-refractivity contribution is -0.113. The van der Waals surface area contributed by atoms with E-state index < -0.39 is 0 Å². The highest BCUT2D eigenvalue weighted by molar-refractivity contribution is 7.99. The highest BCUT2D eigenvalue weighted by Crippen LogP contribution is 2.17. The van der Waals surface area contributed by atoms with E-state index in [2.05, 4.69) is 26.2 Å². The van der Waals surface area contributed by atoms with Crippen molar-refractivity contribution in [2.24, 2.45) is 13.0 Å². The van der Waals surface area contributed by atoms with Crippen LogP contribution in [-0.2, 0) is 11.8 Å². The Morgan fingerprint density at radius 2 is 2.04 bits per heavy atom. The van der Waals surface area contributed by atoms with E-state index in [1.165, 1.54) is 16.4 Å². The van der Waals surface area contributed by atoms with E-state index >= 15 is 0 Å². The number of para-hydroxylation sites is 1. The number of benzene rings is 1. The number of carbonyl (C=O) groups is 2. The SMILES string of the molecule is CC(C)CNC(=O)c1ccccc1NC(=O)CSc1nnnn1C. The smallest absolute Gasteiger partial charge is 0.253 e. The predicted octanol–water partition coefficient (Wildman–Crippen LogP) is 1.33. The van der Waals surface area contributed by atoms with Gasteiger partial charge in [-0.1, -0.05) is 37.7 Å². The first-order chi connectivity index (χ1) is 11.5. The molecule has 0 radical (unpaired) electrons. The van der Waals surface area contributed by atoms with Crippen LogP contribution in [-0.4, -0.2) is 44.3 Å². The molecule has 2 amide bonds. The molecule has 24 heavy (non-hydrogen) atoms. The van der Waals surface area contributed by atoms with Crippen LogP contribution in [0.5, 0.6) is 0 Å². The van der Waals surface area contributed by atoms with Crippen LogP contribution in [0, 0.1) is 5.92 Å². The lowest BCUT2D eigenvalue weighted by atomic mass is 10.1. The molecular weight excluding hydrogens is 328 g/mol. The van der Waals surface area contributed by atoms with Crippen molar-refractivity contribution < 1.29 is 9.59 Å². The van der Waals surface area contributed by atoms with Gasteiger partial charge in [0.2, 0.25) is 11.1 Å². The standard InChI is InChI=1S/C15H20N6O2S/c1-10(2)8-16-14(23)11-6-4-5-7-12(11)17-13(22)9-24-15-18-19-20-21(15)3/h4-7,10H,8-9H2,1-3H3,(H,16,23)(H,17,22). The topological polar surface area (TPSA) is 102 Å². The zero-order valence-electron chi connectivity index (χ0n) is 13.8. The fourth-order valence-electron chi connectivity index (χ4n) is 1.84. The summed E-state index contributed by atoms with van der Waals surface area (Å²) in [6.07, 6.45) is 0. The molecule has 0 bridgehead atoms. The average Bonchev–Trinajstić information content (AvgIpc) is 2.96. The summed E-state index contributed by atoms with van der Waals surface area (Å²) in [5, 5.41) is 17.2. The second-order valence-corrected chi connectivity index (χ2v) is 6.51. The van der Waals surface area contributed by atoms with E-state index in [4.69, 9.17) is 0 Å². The third kappa shape index (κ3) is 5.05. The molecular formula is C15H20N6O2S. The van der Waals surface area contributed by atoms with E-state index in [1.807, 2.05) is 13.8 Å². The van der Waals surface area contributed by atoms with Gasteiger partial charge in [-0.05, 0) is 28.5 Å². The number of nitrogens with zero attached hydrogens (tertiary/aromatic N) is 4. The Bertz CT molecular complexity index is 715. The van der Waals surface area contributed by atoms with Crippen LogP contribution in [0.4, 0.5) is 5.69 Å². The Morgan fingerprint density at radius 1 is 1.29 bits per heavy atom. The van der Waals surface area contributed by atoms with Gasteiger partial charge in [0.05, 0.1) is 17.0 Å². The first-order valence-electron chi connectivity index (χ1n) is 7.49. The van der Waals surface area contributed by atoms with Crippen molar-refractivity contribution in [3.8, 4) is 0 Å². The van der Waals surface area contributed by atoms with E-state index in [0.717, 1.165) is 0 Å². The van der Waals surface area contributed by atoms with E-state index in [0.29, 0.717) is 28.9 Å². The van der Waals surface area contributed by atoms with Crippen LogP contribution in [0.15, 0.2) is 29.4 Å². The summed E-state index contributed by atoms with van der Waals surface area (Å²) in [6, 6.07) is 6.93. The number of nitrogens with one attached hydrogen (secondary N) is 2. The molecule has 0 unspecified atom stereocenters. The van der Waals surface area contributed by atoms with Crippen molar-refractivity contribution in [2.75, 3.05) is 17.6 Å². The lowest BCUT2D eigenvalue weighted by Crippen LogP contribution is -2.28. The minimum atomic E-state index is -0.230. The Hall–Kier alpha value is -2.42. The molecule has 0 saturated heterocycles. The molecule has 1 aromatic carbocycles. The summed E-state index contributed by atoms with van der Waals surface area (Å²) < 4.78 is 1.49. The van der Waals surface area contributed by atoms with Gasteiger partial charge < -0.3 is 10.6 Å². The Morgan fingerprint density at radius 3 is 2.71 bits per heavy atom. The molecule has 0 atom stereocenters. The van der Waals surface area contributed by atoms with Crippen molar-refractivity contribution in [3.05, 3.63) is 29.8 Å². The van der Waals surface area contributed by atoms with Gasteiger partial charge >= 0.3 is 0 Å². The molecule has 2 N–H and O–H groups in total. The van der Waals surface area contributed by atoms with Crippen LogP contribution < -0.4 is 10.6 Å². The van der Waals surface area contributed by atoms with Crippen molar-refractivity contribution in [2.45, 2.75) is 19.0 Å². The minimum Gasteiger partial charge on any atom is -0.352 e. The van der Waals surface area contributed by atoms with Crippen molar-refractivity contribution in [3.63, 3.8) is 0 Å². The van der Waals surface area contributed by atoms with Crippen molar-refractivity contribution >= 4 is 29.3 Å². The summed E-state index contributed by atoms with van der Waals surface area (Å²) in [6.45, 7) is 4.62. The zero-order valence-corrected chi connectivity index (χ0v) is 14.6. The maximum absolute atomic E-state index is 12.2. The Balaban J connectivity index is 1.97. The van der Waals surface area contributed by atoms with Crippen LogP contribution in [0.1, 0.15) is 24.2 Å². The van der Waals surface area contributed by atoms with E-state index in [1.54, 1.807) is 31.3 Å². The highest BCUT2D eigenvalue weighted by Gasteiger charge is 2.14. The van der Waals surface area contributed by atoms with E-state index in [-0.39, 0.29) is 17.6 Å². The predicted molar refractivity (Wildman–Crippen MR) is 91.8 cm³/mol. The van der Waals surface area contributed by atoms with Gasteiger partial charge in [-0.15, -0.1) is 5.10 Å². The van der Waals surface area contributed by atoms with Crippen LogP contribution in [0.25, 0.3) is 0 Å². The molecule has 0 fully saturated rings. The molecule has 2 aromatic rings. The molecule has 9 heteroatoms. The minimum absolute atomic E-state index is 0.149. The molecule has 0 aliphatic heterocycles.